The molecule has 0 spiro atoms. The molecule has 1 N–H and O–H groups in total. The van der Waals surface area contributed by atoms with Gasteiger partial charge in [0.15, 0.2) is 0 Å². The minimum atomic E-state index is 0.0454. The lowest BCUT2D eigenvalue weighted by Gasteiger charge is -2.19. The molecule has 0 saturated carbocycles. The minimum Gasteiger partial charge on any atom is -0.379 e. The monoisotopic (exact) mass is 299 g/mol. The lowest BCUT2D eigenvalue weighted by Crippen LogP contribution is -2.25. The SMILES string of the molecule is CCCNCC(OCCOCCC)c1ccc(Cl)cc1. The molecule has 0 heterocycles. The van der Waals surface area contributed by atoms with E-state index in [-0.39, 0.29) is 6.10 Å². The van der Waals surface area contributed by atoms with Crippen molar-refractivity contribution in [3.63, 3.8) is 0 Å². The third-order valence-electron chi connectivity index (χ3n) is 2.89. The van der Waals surface area contributed by atoms with Crippen LogP contribution in [-0.4, -0.2) is 32.9 Å². The highest BCUT2D eigenvalue weighted by Crippen LogP contribution is 2.19. The van der Waals surface area contributed by atoms with Gasteiger partial charge in [-0.1, -0.05) is 37.6 Å². The fraction of sp³-hybridized carbons (Fsp3) is 0.625. The maximum Gasteiger partial charge on any atom is 0.0950 e. The standard InChI is InChI=1S/C16H26ClNO2/c1-3-9-18-13-16(20-12-11-19-10-4-2)14-5-7-15(17)8-6-14/h5-8,16,18H,3-4,9-13H2,1-2H3. The van der Waals surface area contributed by atoms with E-state index in [1.807, 2.05) is 24.3 Å². The van der Waals surface area contributed by atoms with E-state index in [0.717, 1.165) is 43.1 Å². The van der Waals surface area contributed by atoms with Crippen molar-refractivity contribution in [3.05, 3.63) is 34.9 Å². The van der Waals surface area contributed by atoms with Crippen molar-refractivity contribution < 1.29 is 9.47 Å². The van der Waals surface area contributed by atoms with E-state index < -0.39 is 0 Å². The fourth-order valence-electron chi connectivity index (χ4n) is 1.86. The van der Waals surface area contributed by atoms with Crippen molar-refractivity contribution in [1.29, 1.82) is 0 Å². The quantitative estimate of drug-likeness (QED) is 0.630. The molecule has 0 aliphatic carbocycles. The van der Waals surface area contributed by atoms with Gasteiger partial charge >= 0.3 is 0 Å². The normalized spacial score (nSPS) is 12.6. The van der Waals surface area contributed by atoms with Gasteiger partial charge in [0.05, 0.1) is 19.3 Å². The maximum absolute atomic E-state index is 5.93. The van der Waals surface area contributed by atoms with Crippen LogP contribution in [0.5, 0.6) is 0 Å². The van der Waals surface area contributed by atoms with Crippen LogP contribution in [0, 0.1) is 0 Å². The van der Waals surface area contributed by atoms with Crippen molar-refractivity contribution in [1.82, 2.24) is 5.32 Å². The molecule has 0 amide bonds. The number of hydrogen-bond donors (Lipinski definition) is 1. The molecule has 0 fully saturated rings. The zero-order valence-corrected chi connectivity index (χ0v) is 13.3. The predicted molar refractivity (Wildman–Crippen MR) is 84.4 cm³/mol. The van der Waals surface area contributed by atoms with Crippen LogP contribution in [0.4, 0.5) is 0 Å². The summed E-state index contributed by atoms with van der Waals surface area (Å²) in [6.07, 6.45) is 2.20. The third kappa shape index (κ3) is 7.25. The average molecular weight is 300 g/mol. The van der Waals surface area contributed by atoms with Crippen LogP contribution in [-0.2, 0) is 9.47 Å². The Kier molecular flexibility index (Phi) is 9.67. The molecule has 0 radical (unpaired) electrons. The van der Waals surface area contributed by atoms with E-state index in [9.17, 15) is 0 Å². The first-order valence-corrected chi connectivity index (χ1v) is 7.81. The van der Waals surface area contributed by atoms with Crippen LogP contribution >= 0.6 is 11.6 Å². The first-order valence-electron chi connectivity index (χ1n) is 7.43. The lowest BCUT2D eigenvalue weighted by atomic mass is 10.1. The van der Waals surface area contributed by atoms with E-state index in [1.165, 1.54) is 0 Å². The van der Waals surface area contributed by atoms with Crippen LogP contribution in [0.2, 0.25) is 5.02 Å². The van der Waals surface area contributed by atoms with Crippen LogP contribution in [0.3, 0.4) is 0 Å². The summed E-state index contributed by atoms with van der Waals surface area (Å²) in [4.78, 5) is 0. The summed E-state index contributed by atoms with van der Waals surface area (Å²) in [7, 11) is 0. The largest absolute Gasteiger partial charge is 0.379 e. The number of halogens is 1. The summed E-state index contributed by atoms with van der Waals surface area (Å²) in [5.41, 5.74) is 1.15. The molecule has 1 aromatic rings. The molecule has 4 heteroatoms. The fourth-order valence-corrected chi connectivity index (χ4v) is 1.98. The van der Waals surface area contributed by atoms with Crippen molar-refractivity contribution in [3.8, 4) is 0 Å². The second-order valence-corrected chi connectivity index (χ2v) is 5.16. The summed E-state index contributed by atoms with van der Waals surface area (Å²) in [6.45, 7) is 8.12. The van der Waals surface area contributed by atoms with Gasteiger partial charge in [0.2, 0.25) is 0 Å². The van der Waals surface area contributed by atoms with Gasteiger partial charge < -0.3 is 14.8 Å². The predicted octanol–water partition coefficient (Wildman–Crippen LogP) is 3.82. The van der Waals surface area contributed by atoms with Gasteiger partial charge in [-0.25, -0.2) is 0 Å². The van der Waals surface area contributed by atoms with E-state index in [1.54, 1.807) is 0 Å². The molecule has 0 aliphatic rings. The van der Waals surface area contributed by atoms with E-state index in [0.29, 0.717) is 13.2 Å². The highest BCUT2D eigenvalue weighted by Gasteiger charge is 2.11. The molecule has 1 aromatic carbocycles. The Labute approximate surface area is 127 Å². The van der Waals surface area contributed by atoms with Crippen molar-refractivity contribution in [2.75, 3.05) is 32.9 Å². The summed E-state index contributed by atoms with van der Waals surface area (Å²) in [5, 5.41) is 4.15. The van der Waals surface area contributed by atoms with Gasteiger partial charge in [0.1, 0.15) is 0 Å². The Hall–Kier alpha value is -0.610. The molecule has 0 aromatic heterocycles. The maximum atomic E-state index is 5.93. The number of nitrogens with one attached hydrogen (secondary N) is 1. The first kappa shape index (κ1) is 17.4. The summed E-state index contributed by atoms with van der Waals surface area (Å²) < 4.78 is 11.4. The first-order chi connectivity index (χ1) is 9.77. The number of ether oxygens (including phenoxy) is 2. The molecular weight excluding hydrogens is 274 g/mol. The van der Waals surface area contributed by atoms with E-state index in [4.69, 9.17) is 21.1 Å². The Morgan fingerprint density at radius 1 is 1.05 bits per heavy atom. The van der Waals surface area contributed by atoms with E-state index in [2.05, 4.69) is 19.2 Å². The van der Waals surface area contributed by atoms with Crippen LogP contribution < -0.4 is 5.32 Å². The highest BCUT2D eigenvalue weighted by atomic mass is 35.5. The van der Waals surface area contributed by atoms with Gasteiger partial charge in [-0.3, -0.25) is 0 Å². The molecule has 1 unspecified atom stereocenters. The molecule has 0 aliphatic heterocycles. The smallest absolute Gasteiger partial charge is 0.0950 e. The van der Waals surface area contributed by atoms with Crippen molar-refractivity contribution in [2.45, 2.75) is 32.8 Å². The Bertz CT molecular complexity index is 343. The molecule has 0 bridgehead atoms. The number of hydrogen-bond acceptors (Lipinski definition) is 3. The topological polar surface area (TPSA) is 30.5 Å². The molecule has 1 rings (SSSR count). The Balaban J connectivity index is 2.44. The zero-order valence-electron chi connectivity index (χ0n) is 12.5. The van der Waals surface area contributed by atoms with Crippen molar-refractivity contribution in [2.24, 2.45) is 0 Å². The highest BCUT2D eigenvalue weighted by molar-refractivity contribution is 6.30. The van der Waals surface area contributed by atoms with Crippen LogP contribution in [0.15, 0.2) is 24.3 Å². The summed E-state index contributed by atoms with van der Waals surface area (Å²) >= 11 is 5.93. The van der Waals surface area contributed by atoms with Gasteiger partial charge in [0.25, 0.3) is 0 Å². The molecular formula is C16H26ClNO2. The number of rotatable bonds is 11. The average Bonchev–Trinajstić information content (AvgIpc) is 2.46. The molecule has 3 nitrogen and oxygen atoms in total. The Morgan fingerprint density at radius 3 is 2.45 bits per heavy atom. The molecule has 114 valence electrons. The van der Waals surface area contributed by atoms with Gasteiger partial charge in [-0.15, -0.1) is 0 Å². The Morgan fingerprint density at radius 2 is 1.80 bits per heavy atom. The minimum absolute atomic E-state index is 0.0454. The third-order valence-corrected chi connectivity index (χ3v) is 3.15. The van der Waals surface area contributed by atoms with Crippen molar-refractivity contribution >= 4 is 11.6 Å². The van der Waals surface area contributed by atoms with Crippen LogP contribution in [0.1, 0.15) is 38.4 Å². The summed E-state index contributed by atoms with van der Waals surface area (Å²) in [6, 6.07) is 7.85. The second-order valence-electron chi connectivity index (χ2n) is 4.73. The van der Waals surface area contributed by atoms with Gasteiger partial charge in [-0.05, 0) is 37.1 Å². The van der Waals surface area contributed by atoms with Crippen LogP contribution in [0.25, 0.3) is 0 Å². The van der Waals surface area contributed by atoms with E-state index >= 15 is 0 Å². The molecule has 0 saturated heterocycles. The van der Waals surface area contributed by atoms with Gasteiger partial charge in [-0.2, -0.15) is 0 Å². The zero-order chi connectivity index (χ0) is 14.6. The lowest BCUT2D eigenvalue weighted by molar-refractivity contribution is 0.00433. The molecule has 20 heavy (non-hydrogen) atoms. The summed E-state index contributed by atoms with van der Waals surface area (Å²) in [5.74, 6) is 0. The molecule has 1 atom stereocenters. The van der Waals surface area contributed by atoms with Gasteiger partial charge in [0, 0.05) is 18.2 Å². The second kappa shape index (κ2) is 11.1. The number of benzene rings is 1.